The Morgan fingerprint density at radius 2 is 2.33 bits per heavy atom. The predicted octanol–water partition coefficient (Wildman–Crippen LogP) is 0.659. The molecule has 0 radical (unpaired) electrons. The summed E-state index contributed by atoms with van der Waals surface area (Å²) in [7, 11) is 0. The average Bonchev–Trinajstić information content (AvgIpc) is 1.99. The molecule has 1 rings (SSSR count). The molecule has 0 spiro atoms. The Hall–Kier alpha value is -1.06. The van der Waals surface area contributed by atoms with Crippen LogP contribution >= 0.6 is 0 Å². The Morgan fingerprint density at radius 1 is 1.75 bits per heavy atom. The Balaban J connectivity index is 2.61. The van der Waals surface area contributed by atoms with Crippen molar-refractivity contribution in [2.75, 3.05) is 0 Å². The van der Waals surface area contributed by atoms with E-state index in [4.69, 9.17) is 5.11 Å². The van der Waals surface area contributed by atoms with Crippen LogP contribution in [0.3, 0.4) is 0 Å². The van der Waals surface area contributed by atoms with E-state index in [2.05, 4.69) is 4.74 Å². The van der Waals surface area contributed by atoms with Gasteiger partial charge in [-0.2, -0.15) is 0 Å². The van der Waals surface area contributed by atoms with E-state index in [1.165, 1.54) is 0 Å². The molecule has 1 unspecified atom stereocenters. The van der Waals surface area contributed by atoms with Crippen LogP contribution in [0.5, 0.6) is 0 Å². The first kappa shape index (κ1) is 9.03. The summed E-state index contributed by atoms with van der Waals surface area (Å²) < 4.78 is 4.50. The van der Waals surface area contributed by atoms with Gasteiger partial charge in [-0.05, 0) is 5.92 Å². The normalized spacial score (nSPS) is 30.3. The molecule has 1 N–H and O–H groups in total. The zero-order valence-corrected chi connectivity index (χ0v) is 7.11. The molecule has 0 aromatic carbocycles. The number of carboxylic acids is 1. The van der Waals surface area contributed by atoms with Crippen molar-refractivity contribution in [3.05, 3.63) is 0 Å². The second kappa shape index (κ2) is 3.13. The van der Waals surface area contributed by atoms with Crippen molar-refractivity contribution in [1.29, 1.82) is 0 Å². The van der Waals surface area contributed by atoms with Gasteiger partial charge in [0.15, 0.2) is 0 Å². The fourth-order valence-electron chi connectivity index (χ4n) is 1.32. The van der Waals surface area contributed by atoms with Crippen LogP contribution in [0.25, 0.3) is 0 Å². The van der Waals surface area contributed by atoms with Crippen LogP contribution in [-0.2, 0) is 14.3 Å². The molecule has 0 aromatic rings. The summed E-state index contributed by atoms with van der Waals surface area (Å²) in [6.45, 7) is 3.79. The quantitative estimate of drug-likeness (QED) is 0.635. The van der Waals surface area contributed by atoms with Gasteiger partial charge in [0.25, 0.3) is 0 Å². The van der Waals surface area contributed by atoms with E-state index in [-0.39, 0.29) is 11.9 Å². The van der Waals surface area contributed by atoms with Crippen LogP contribution < -0.4 is 0 Å². The lowest BCUT2D eigenvalue weighted by atomic mass is 9.83. The van der Waals surface area contributed by atoms with Crippen LogP contribution in [-0.4, -0.2) is 23.1 Å². The molecule has 68 valence electrons. The maximum atomic E-state index is 10.9. The molecule has 3 atom stereocenters. The number of carbonyl (C=O) groups excluding carboxylic acids is 1. The standard InChI is InChI=1S/C8H12O4/c1-3-4(2)5-6(7(9)10)12-8(5)11/h4-6H,3H2,1-2H3,(H,9,10)/t4-,5?,6-/m0/s1. The molecule has 4 nitrogen and oxygen atoms in total. The molecule has 4 heteroatoms. The number of hydrogen-bond donors (Lipinski definition) is 1. The molecule has 0 amide bonds. The molecule has 12 heavy (non-hydrogen) atoms. The maximum Gasteiger partial charge on any atom is 0.345 e. The second-order valence-corrected chi connectivity index (χ2v) is 3.11. The lowest BCUT2D eigenvalue weighted by molar-refractivity contribution is -0.200. The summed E-state index contributed by atoms with van der Waals surface area (Å²) >= 11 is 0. The molecule has 0 saturated carbocycles. The minimum Gasteiger partial charge on any atom is -0.478 e. The molecule has 0 aliphatic carbocycles. The number of carboxylic acid groups (broad SMARTS) is 1. The summed E-state index contributed by atoms with van der Waals surface area (Å²) in [5.41, 5.74) is 0. The van der Waals surface area contributed by atoms with Crippen LogP contribution in [0, 0.1) is 11.8 Å². The van der Waals surface area contributed by atoms with Gasteiger partial charge < -0.3 is 9.84 Å². The van der Waals surface area contributed by atoms with Crippen LogP contribution in [0.4, 0.5) is 0 Å². The van der Waals surface area contributed by atoms with Crippen molar-refractivity contribution >= 4 is 11.9 Å². The Labute approximate surface area is 70.5 Å². The number of ether oxygens (including phenoxy) is 1. The number of esters is 1. The lowest BCUT2D eigenvalue weighted by Gasteiger charge is -2.35. The Kier molecular flexibility index (Phi) is 2.35. The Bertz CT molecular complexity index is 211. The van der Waals surface area contributed by atoms with Crippen molar-refractivity contribution < 1.29 is 19.4 Å². The minimum atomic E-state index is -1.04. The fourth-order valence-corrected chi connectivity index (χ4v) is 1.32. The zero-order valence-electron chi connectivity index (χ0n) is 7.11. The molecular formula is C8H12O4. The highest BCUT2D eigenvalue weighted by Crippen LogP contribution is 2.31. The highest BCUT2D eigenvalue weighted by molar-refractivity contribution is 5.90. The fraction of sp³-hybridized carbons (Fsp3) is 0.750. The molecule has 1 aliphatic heterocycles. The summed E-state index contributed by atoms with van der Waals surface area (Å²) in [6, 6.07) is 0. The predicted molar refractivity (Wildman–Crippen MR) is 40.5 cm³/mol. The highest BCUT2D eigenvalue weighted by Gasteiger charge is 2.49. The number of aliphatic carboxylic acids is 1. The van der Waals surface area contributed by atoms with Gasteiger partial charge in [-0.3, -0.25) is 4.79 Å². The van der Waals surface area contributed by atoms with Crippen molar-refractivity contribution in [2.45, 2.75) is 26.4 Å². The van der Waals surface area contributed by atoms with Crippen molar-refractivity contribution in [2.24, 2.45) is 11.8 Å². The highest BCUT2D eigenvalue weighted by atomic mass is 16.6. The summed E-state index contributed by atoms with van der Waals surface area (Å²) in [5, 5.41) is 8.59. The SMILES string of the molecule is CC[C@H](C)C1C(=O)O[C@@H]1C(=O)O. The first-order chi connectivity index (χ1) is 5.57. The van der Waals surface area contributed by atoms with E-state index in [1.807, 2.05) is 13.8 Å². The third-order valence-corrected chi connectivity index (χ3v) is 2.34. The topological polar surface area (TPSA) is 63.6 Å². The number of cyclic esters (lactones) is 1. The molecular weight excluding hydrogens is 160 g/mol. The lowest BCUT2D eigenvalue weighted by Crippen LogP contribution is -2.52. The molecule has 1 heterocycles. The van der Waals surface area contributed by atoms with Crippen LogP contribution in [0.1, 0.15) is 20.3 Å². The van der Waals surface area contributed by atoms with Gasteiger partial charge in [0.2, 0.25) is 6.10 Å². The minimum absolute atomic E-state index is 0.0901. The molecule has 1 aliphatic rings. The van der Waals surface area contributed by atoms with Gasteiger partial charge in [0.05, 0.1) is 0 Å². The third kappa shape index (κ3) is 1.29. The van der Waals surface area contributed by atoms with E-state index >= 15 is 0 Å². The summed E-state index contributed by atoms with van der Waals surface area (Å²) in [6.07, 6.45) is -0.115. The monoisotopic (exact) mass is 172 g/mol. The van der Waals surface area contributed by atoms with Gasteiger partial charge in [-0.15, -0.1) is 0 Å². The van der Waals surface area contributed by atoms with Gasteiger partial charge in [0.1, 0.15) is 5.92 Å². The third-order valence-electron chi connectivity index (χ3n) is 2.34. The van der Waals surface area contributed by atoms with Crippen molar-refractivity contribution in [3.63, 3.8) is 0 Å². The Morgan fingerprint density at radius 3 is 2.67 bits per heavy atom. The molecule has 1 fully saturated rings. The average molecular weight is 172 g/mol. The van der Waals surface area contributed by atoms with Gasteiger partial charge in [-0.25, -0.2) is 4.79 Å². The maximum absolute atomic E-state index is 10.9. The smallest absolute Gasteiger partial charge is 0.345 e. The van der Waals surface area contributed by atoms with E-state index in [0.717, 1.165) is 6.42 Å². The van der Waals surface area contributed by atoms with Gasteiger partial charge in [0, 0.05) is 0 Å². The van der Waals surface area contributed by atoms with Crippen LogP contribution in [0.15, 0.2) is 0 Å². The van der Waals surface area contributed by atoms with Crippen LogP contribution in [0.2, 0.25) is 0 Å². The molecule has 0 bridgehead atoms. The van der Waals surface area contributed by atoms with E-state index in [9.17, 15) is 9.59 Å². The first-order valence-corrected chi connectivity index (χ1v) is 4.01. The first-order valence-electron chi connectivity index (χ1n) is 4.01. The van der Waals surface area contributed by atoms with Gasteiger partial charge in [-0.1, -0.05) is 20.3 Å². The van der Waals surface area contributed by atoms with Crippen molar-refractivity contribution in [3.8, 4) is 0 Å². The molecule has 0 aromatic heterocycles. The number of carbonyl (C=O) groups is 2. The zero-order chi connectivity index (χ0) is 9.30. The van der Waals surface area contributed by atoms with E-state index < -0.39 is 18.0 Å². The van der Waals surface area contributed by atoms with Gasteiger partial charge >= 0.3 is 11.9 Å². The number of rotatable bonds is 3. The van der Waals surface area contributed by atoms with E-state index in [0.29, 0.717) is 0 Å². The molecule has 1 saturated heterocycles. The van der Waals surface area contributed by atoms with Crippen molar-refractivity contribution in [1.82, 2.24) is 0 Å². The summed E-state index contributed by atoms with van der Waals surface area (Å²) in [4.78, 5) is 21.3. The number of hydrogen-bond acceptors (Lipinski definition) is 3. The largest absolute Gasteiger partial charge is 0.478 e. The summed E-state index contributed by atoms with van der Waals surface area (Å²) in [5.74, 6) is -1.77. The van der Waals surface area contributed by atoms with E-state index in [1.54, 1.807) is 0 Å². The second-order valence-electron chi connectivity index (χ2n) is 3.11.